The quantitative estimate of drug-likeness (QED) is 0.442. The fourth-order valence-corrected chi connectivity index (χ4v) is 0.797. The van der Waals surface area contributed by atoms with E-state index in [1.807, 2.05) is 0 Å². The number of alkyl halides is 6. The van der Waals surface area contributed by atoms with E-state index in [1.165, 1.54) is 0 Å². The lowest BCUT2D eigenvalue weighted by molar-refractivity contribution is -0.183. The Morgan fingerprint density at radius 2 is 1.65 bits per heavy atom. The Hall–Kier alpha value is -1.21. The van der Waals surface area contributed by atoms with Crippen LogP contribution in [0.25, 0.3) is 0 Å². The van der Waals surface area contributed by atoms with Crippen LogP contribution in [-0.4, -0.2) is 24.9 Å². The fraction of sp³-hybridized carbons (Fsp3) is 0.667. The molecule has 0 saturated carbocycles. The molecule has 0 aromatic carbocycles. The molecular weight excluding hydrogens is 254 g/mol. The van der Waals surface area contributed by atoms with Crippen LogP contribution < -0.4 is 0 Å². The minimum atomic E-state index is -4.65. The first-order valence-corrected chi connectivity index (χ1v) is 4.48. The summed E-state index contributed by atoms with van der Waals surface area (Å²) in [5, 5.41) is 0. The Balaban J connectivity index is 4.09. The highest BCUT2D eigenvalue weighted by molar-refractivity contribution is 5.87. The molecule has 100 valence electrons. The van der Waals surface area contributed by atoms with Gasteiger partial charge < -0.3 is 4.74 Å². The second-order valence-corrected chi connectivity index (χ2v) is 3.23. The molecule has 2 nitrogen and oxygen atoms in total. The summed E-state index contributed by atoms with van der Waals surface area (Å²) < 4.78 is 73.9. The number of esters is 1. The maximum atomic E-state index is 11.7. The lowest BCUT2D eigenvalue weighted by Crippen LogP contribution is -2.20. The molecule has 0 rings (SSSR count). The van der Waals surface area contributed by atoms with E-state index in [0.29, 0.717) is 0 Å². The van der Waals surface area contributed by atoms with Gasteiger partial charge in [-0.2, -0.15) is 26.3 Å². The van der Waals surface area contributed by atoms with Crippen molar-refractivity contribution in [3.8, 4) is 0 Å². The molecule has 0 aromatic rings. The van der Waals surface area contributed by atoms with Crippen LogP contribution in [0, 0.1) is 0 Å². The summed E-state index contributed by atoms with van der Waals surface area (Å²) in [5.41, 5.74) is -0.279. The molecule has 0 unspecified atom stereocenters. The largest absolute Gasteiger partial charge is 0.453 e. The van der Waals surface area contributed by atoms with E-state index in [9.17, 15) is 31.1 Å². The van der Waals surface area contributed by atoms with Crippen LogP contribution >= 0.6 is 0 Å². The third kappa shape index (κ3) is 9.70. The predicted octanol–water partition coefficient (Wildman–Crippen LogP) is 3.38. The van der Waals surface area contributed by atoms with Crippen LogP contribution in [0.3, 0.4) is 0 Å². The summed E-state index contributed by atoms with van der Waals surface area (Å²) >= 11 is 0. The molecule has 0 amide bonds. The van der Waals surface area contributed by atoms with E-state index in [-0.39, 0.29) is 5.57 Å². The van der Waals surface area contributed by atoms with Gasteiger partial charge in [0.2, 0.25) is 0 Å². The van der Waals surface area contributed by atoms with Crippen molar-refractivity contribution < 1.29 is 35.9 Å². The molecule has 0 spiro atoms. The Morgan fingerprint density at radius 1 is 1.12 bits per heavy atom. The number of rotatable bonds is 4. The topological polar surface area (TPSA) is 26.3 Å². The maximum absolute atomic E-state index is 11.7. The number of allylic oxidation sites excluding steroid dienone is 1. The van der Waals surface area contributed by atoms with Crippen molar-refractivity contribution in [2.45, 2.75) is 32.1 Å². The average Bonchev–Trinajstić information content (AvgIpc) is 2.10. The smallest absolute Gasteiger partial charge is 0.422 e. The second-order valence-electron chi connectivity index (χ2n) is 3.23. The molecule has 0 fully saturated rings. The number of hydrogen-bond acceptors (Lipinski definition) is 2. The first-order chi connectivity index (χ1) is 7.51. The van der Waals surface area contributed by atoms with Gasteiger partial charge in [-0.15, -0.1) is 0 Å². The zero-order valence-electron chi connectivity index (χ0n) is 8.78. The van der Waals surface area contributed by atoms with Gasteiger partial charge in [-0.25, -0.2) is 4.79 Å². The number of carbonyl (C=O) groups excluding carboxylic acids is 1. The van der Waals surface area contributed by atoms with Crippen molar-refractivity contribution >= 4 is 5.97 Å². The normalized spacial score (nSPS) is 13.7. The van der Waals surface area contributed by atoms with Crippen LogP contribution in [-0.2, 0) is 9.53 Å². The Morgan fingerprint density at radius 3 is 2.06 bits per heavy atom. The highest BCUT2D eigenvalue weighted by Gasteiger charge is 2.30. The molecule has 0 saturated heterocycles. The van der Waals surface area contributed by atoms with Crippen molar-refractivity contribution in [2.24, 2.45) is 0 Å². The minimum Gasteiger partial charge on any atom is -0.453 e. The number of hydrogen-bond donors (Lipinski definition) is 0. The molecule has 0 N–H and O–H groups in total. The third-order valence-corrected chi connectivity index (χ3v) is 1.57. The molecule has 0 heterocycles. The van der Waals surface area contributed by atoms with Crippen LogP contribution in [0.2, 0.25) is 0 Å². The van der Waals surface area contributed by atoms with Gasteiger partial charge in [-0.05, 0) is 13.3 Å². The molecule has 8 heteroatoms. The van der Waals surface area contributed by atoms with Gasteiger partial charge in [-0.3, -0.25) is 0 Å². The van der Waals surface area contributed by atoms with Gasteiger partial charge in [-0.1, -0.05) is 6.08 Å². The number of ether oxygens (including phenoxy) is 1. The van der Waals surface area contributed by atoms with E-state index in [2.05, 4.69) is 4.74 Å². The summed E-state index contributed by atoms with van der Waals surface area (Å²) in [6.45, 7) is -0.661. The second kappa shape index (κ2) is 5.92. The monoisotopic (exact) mass is 264 g/mol. The van der Waals surface area contributed by atoms with E-state index < -0.39 is 37.8 Å². The molecule has 0 bridgehead atoms. The predicted molar refractivity (Wildman–Crippen MR) is 46.1 cm³/mol. The van der Waals surface area contributed by atoms with Gasteiger partial charge in [0.15, 0.2) is 6.61 Å². The van der Waals surface area contributed by atoms with E-state index in [0.717, 1.165) is 13.0 Å². The van der Waals surface area contributed by atoms with Crippen molar-refractivity contribution in [1.82, 2.24) is 0 Å². The zero-order chi connectivity index (χ0) is 13.7. The average molecular weight is 264 g/mol. The summed E-state index contributed by atoms with van der Waals surface area (Å²) in [6, 6.07) is 0. The lowest BCUT2D eigenvalue weighted by Gasteiger charge is -2.08. The van der Waals surface area contributed by atoms with Gasteiger partial charge in [0, 0.05) is 12.0 Å². The summed E-state index contributed by atoms with van der Waals surface area (Å²) in [5.74, 6) is -1.27. The standard InChI is InChI=1S/C9H10F6O2/c1-6(3-2-4-8(10,11)12)7(16)17-5-9(13,14)15/h3H,2,4-5H2,1H3. The van der Waals surface area contributed by atoms with Crippen molar-refractivity contribution in [1.29, 1.82) is 0 Å². The Labute approximate surface area is 93.2 Å². The van der Waals surface area contributed by atoms with E-state index in [1.54, 1.807) is 0 Å². The first kappa shape index (κ1) is 15.8. The fourth-order valence-electron chi connectivity index (χ4n) is 0.797. The summed E-state index contributed by atoms with van der Waals surface area (Å²) in [4.78, 5) is 10.9. The number of halogens is 6. The van der Waals surface area contributed by atoms with Gasteiger partial charge in [0.05, 0.1) is 0 Å². The molecule has 0 aliphatic rings. The van der Waals surface area contributed by atoms with Crippen molar-refractivity contribution in [3.63, 3.8) is 0 Å². The SMILES string of the molecule is CC(=CCCC(F)(F)F)C(=O)OCC(F)(F)F. The van der Waals surface area contributed by atoms with Gasteiger partial charge >= 0.3 is 18.3 Å². The van der Waals surface area contributed by atoms with Crippen LogP contribution in [0.1, 0.15) is 19.8 Å². The van der Waals surface area contributed by atoms with Crippen LogP contribution in [0.4, 0.5) is 26.3 Å². The molecule has 0 atom stereocenters. The van der Waals surface area contributed by atoms with E-state index in [4.69, 9.17) is 0 Å². The highest BCUT2D eigenvalue weighted by Crippen LogP contribution is 2.22. The lowest BCUT2D eigenvalue weighted by atomic mass is 10.2. The third-order valence-electron chi connectivity index (χ3n) is 1.57. The van der Waals surface area contributed by atoms with Gasteiger partial charge in [0.25, 0.3) is 0 Å². The molecule has 0 aliphatic heterocycles. The van der Waals surface area contributed by atoms with Crippen molar-refractivity contribution in [3.05, 3.63) is 11.6 Å². The minimum absolute atomic E-state index is 0.279. The Kier molecular flexibility index (Phi) is 5.50. The first-order valence-electron chi connectivity index (χ1n) is 4.48. The van der Waals surface area contributed by atoms with Crippen molar-refractivity contribution in [2.75, 3.05) is 6.61 Å². The molecule has 17 heavy (non-hydrogen) atoms. The summed E-state index contributed by atoms with van der Waals surface area (Å²) in [7, 11) is 0. The van der Waals surface area contributed by atoms with E-state index >= 15 is 0 Å². The Bertz CT molecular complexity index is 289. The zero-order valence-corrected chi connectivity index (χ0v) is 8.78. The highest BCUT2D eigenvalue weighted by atomic mass is 19.4. The van der Waals surface area contributed by atoms with Crippen LogP contribution in [0.15, 0.2) is 11.6 Å². The van der Waals surface area contributed by atoms with Crippen LogP contribution in [0.5, 0.6) is 0 Å². The molecular formula is C9H10F6O2. The maximum Gasteiger partial charge on any atom is 0.422 e. The van der Waals surface area contributed by atoms with Gasteiger partial charge in [0.1, 0.15) is 0 Å². The molecule has 0 radical (unpaired) electrons. The molecule has 0 aromatic heterocycles. The molecule has 0 aliphatic carbocycles. The summed E-state index contributed by atoms with van der Waals surface area (Å²) in [6.07, 6.45) is -9.74. The number of carbonyl (C=O) groups is 1.